The number of morpholine rings is 1. The molecule has 2 aliphatic rings. The van der Waals surface area contributed by atoms with Gasteiger partial charge in [-0.25, -0.2) is 0 Å². The van der Waals surface area contributed by atoms with Gasteiger partial charge in [-0.1, -0.05) is 12.1 Å². The number of ether oxygens (including phenoxy) is 2. The van der Waals surface area contributed by atoms with Crippen LogP contribution in [0.15, 0.2) is 24.3 Å². The van der Waals surface area contributed by atoms with Gasteiger partial charge in [-0.15, -0.1) is 0 Å². The number of nitrogens with zero attached hydrogens (tertiary/aromatic N) is 2. The topological polar surface area (TPSA) is 59.1 Å². The Balaban J connectivity index is 1.81. The van der Waals surface area contributed by atoms with Crippen molar-refractivity contribution in [1.82, 2.24) is 4.90 Å². The predicted octanol–water partition coefficient (Wildman–Crippen LogP) is 1.44. The second-order valence-electron chi connectivity index (χ2n) is 6.19. The van der Waals surface area contributed by atoms with Crippen LogP contribution in [-0.4, -0.2) is 54.7 Å². The summed E-state index contributed by atoms with van der Waals surface area (Å²) in [5.41, 5.74) is 0.651. The third-order valence-electron chi connectivity index (χ3n) is 4.30. The summed E-state index contributed by atoms with van der Waals surface area (Å²) < 4.78 is 11.2. The molecule has 2 heterocycles. The fourth-order valence-electron chi connectivity index (χ4n) is 3.00. The zero-order valence-electron chi connectivity index (χ0n) is 13.7. The third-order valence-corrected chi connectivity index (χ3v) is 4.30. The van der Waals surface area contributed by atoms with Gasteiger partial charge in [-0.2, -0.15) is 0 Å². The maximum atomic E-state index is 12.7. The molecule has 124 valence electrons. The largest absolute Gasteiger partial charge is 0.479 e. The van der Waals surface area contributed by atoms with E-state index in [1.807, 2.05) is 32.0 Å². The van der Waals surface area contributed by atoms with Crippen molar-refractivity contribution in [2.45, 2.75) is 39.0 Å². The number of para-hydroxylation sites is 2. The molecule has 1 saturated heterocycles. The fourth-order valence-corrected chi connectivity index (χ4v) is 3.00. The molecule has 3 rings (SSSR count). The van der Waals surface area contributed by atoms with Crippen LogP contribution in [0.4, 0.5) is 5.69 Å². The minimum absolute atomic E-state index is 0.0155. The van der Waals surface area contributed by atoms with E-state index in [4.69, 9.17) is 9.47 Å². The van der Waals surface area contributed by atoms with Crippen molar-refractivity contribution in [3.05, 3.63) is 24.3 Å². The normalized spacial score (nSPS) is 27.4. The minimum Gasteiger partial charge on any atom is -0.479 e. The second-order valence-corrected chi connectivity index (χ2v) is 6.19. The molecule has 0 radical (unpaired) electrons. The van der Waals surface area contributed by atoms with Gasteiger partial charge in [0.05, 0.1) is 24.4 Å². The highest BCUT2D eigenvalue weighted by Gasteiger charge is 2.35. The lowest BCUT2D eigenvalue weighted by Crippen LogP contribution is -2.55. The SMILES string of the molecule is C[C@@H]1CN(C(=O)CN2C(=O)[C@@H](C)Oc3ccccc32)[C@H](C)CO1. The first kappa shape index (κ1) is 15.8. The second kappa shape index (κ2) is 6.20. The highest BCUT2D eigenvalue weighted by molar-refractivity contribution is 6.03. The van der Waals surface area contributed by atoms with Gasteiger partial charge in [0.1, 0.15) is 12.3 Å². The molecular formula is C17H22N2O4. The summed E-state index contributed by atoms with van der Waals surface area (Å²) in [6.07, 6.45) is -0.569. The molecular weight excluding hydrogens is 296 g/mol. The lowest BCUT2D eigenvalue weighted by molar-refractivity contribution is -0.143. The summed E-state index contributed by atoms with van der Waals surface area (Å²) >= 11 is 0. The first-order valence-electron chi connectivity index (χ1n) is 7.95. The Labute approximate surface area is 136 Å². The van der Waals surface area contributed by atoms with Gasteiger partial charge in [-0.3, -0.25) is 14.5 Å². The highest BCUT2D eigenvalue weighted by Crippen LogP contribution is 2.33. The molecule has 0 saturated carbocycles. The third kappa shape index (κ3) is 3.03. The lowest BCUT2D eigenvalue weighted by atomic mass is 10.1. The van der Waals surface area contributed by atoms with Crippen molar-refractivity contribution in [3.63, 3.8) is 0 Å². The Bertz CT molecular complexity index is 618. The van der Waals surface area contributed by atoms with E-state index in [0.29, 0.717) is 24.6 Å². The average Bonchev–Trinajstić information content (AvgIpc) is 2.54. The van der Waals surface area contributed by atoms with E-state index in [1.54, 1.807) is 17.9 Å². The first-order valence-corrected chi connectivity index (χ1v) is 7.95. The van der Waals surface area contributed by atoms with Gasteiger partial charge >= 0.3 is 0 Å². The number of hydrogen-bond donors (Lipinski definition) is 0. The molecule has 2 aliphatic heterocycles. The van der Waals surface area contributed by atoms with Crippen LogP contribution in [0.5, 0.6) is 5.75 Å². The summed E-state index contributed by atoms with van der Waals surface area (Å²) in [5, 5.41) is 0. The number of amides is 2. The molecule has 0 spiro atoms. The first-order chi connectivity index (χ1) is 11.0. The van der Waals surface area contributed by atoms with Crippen LogP contribution in [0.25, 0.3) is 0 Å². The van der Waals surface area contributed by atoms with Gasteiger partial charge in [0.15, 0.2) is 6.10 Å². The van der Waals surface area contributed by atoms with E-state index in [1.165, 1.54) is 4.90 Å². The molecule has 0 bridgehead atoms. The number of anilines is 1. The summed E-state index contributed by atoms with van der Waals surface area (Å²) in [7, 11) is 0. The van der Waals surface area contributed by atoms with Crippen molar-refractivity contribution < 1.29 is 19.1 Å². The van der Waals surface area contributed by atoms with Crippen LogP contribution in [-0.2, 0) is 14.3 Å². The number of rotatable bonds is 2. The zero-order chi connectivity index (χ0) is 16.6. The molecule has 1 fully saturated rings. The van der Waals surface area contributed by atoms with E-state index in [9.17, 15) is 9.59 Å². The molecule has 3 atom stereocenters. The Morgan fingerprint density at radius 3 is 2.78 bits per heavy atom. The Morgan fingerprint density at radius 1 is 1.26 bits per heavy atom. The van der Waals surface area contributed by atoms with Crippen molar-refractivity contribution in [3.8, 4) is 5.75 Å². The number of hydrogen-bond acceptors (Lipinski definition) is 4. The average molecular weight is 318 g/mol. The van der Waals surface area contributed by atoms with E-state index in [-0.39, 0.29) is 30.5 Å². The van der Waals surface area contributed by atoms with Gasteiger partial charge in [-0.05, 0) is 32.9 Å². The molecule has 1 aromatic rings. The summed E-state index contributed by atoms with van der Waals surface area (Å²) in [4.78, 5) is 28.5. The van der Waals surface area contributed by atoms with E-state index < -0.39 is 6.10 Å². The highest BCUT2D eigenvalue weighted by atomic mass is 16.5. The quantitative estimate of drug-likeness (QED) is 0.828. The predicted molar refractivity (Wildman–Crippen MR) is 85.5 cm³/mol. The number of carbonyl (C=O) groups is 2. The standard InChI is InChI=1S/C17H22N2O4/c1-11-10-22-12(2)8-18(11)16(20)9-19-14-6-4-5-7-15(14)23-13(3)17(19)21/h4-7,11-13H,8-10H2,1-3H3/t11-,12-,13-/m1/s1. The minimum atomic E-state index is -0.585. The van der Waals surface area contributed by atoms with Gasteiger partial charge in [0.25, 0.3) is 5.91 Å². The maximum absolute atomic E-state index is 12.7. The Morgan fingerprint density at radius 2 is 2.00 bits per heavy atom. The van der Waals surface area contributed by atoms with Crippen molar-refractivity contribution in [2.24, 2.45) is 0 Å². The van der Waals surface area contributed by atoms with Crippen molar-refractivity contribution >= 4 is 17.5 Å². The van der Waals surface area contributed by atoms with Crippen LogP contribution in [0, 0.1) is 0 Å². The van der Waals surface area contributed by atoms with Crippen LogP contribution in [0.2, 0.25) is 0 Å². The van der Waals surface area contributed by atoms with E-state index >= 15 is 0 Å². The van der Waals surface area contributed by atoms with Crippen LogP contribution >= 0.6 is 0 Å². The molecule has 0 aromatic heterocycles. The number of benzene rings is 1. The molecule has 2 amide bonds. The summed E-state index contributed by atoms with van der Waals surface area (Å²) in [6.45, 7) is 6.72. The summed E-state index contributed by atoms with van der Waals surface area (Å²) in [5.74, 6) is 0.381. The molecule has 0 aliphatic carbocycles. The molecule has 6 heteroatoms. The smallest absolute Gasteiger partial charge is 0.268 e. The monoisotopic (exact) mass is 318 g/mol. The lowest BCUT2D eigenvalue weighted by Gasteiger charge is -2.39. The Hall–Kier alpha value is -2.08. The van der Waals surface area contributed by atoms with Crippen LogP contribution in [0.3, 0.4) is 0 Å². The molecule has 6 nitrogen and oxygen atoms in total. The summed E-state index contributed by atoms with van der Waals surface area (Å²) in [6, 6.07) is 7.32. The maximum Gasteiger partial charge on any atom is 0.268 e. The molecule has 0 N–H and O–H groups in total. The van der Waals surface area contributed by atoms with E-state index in [2.05, 4.69) is 0 Å². The van der Waals surface area contributed by atoms with Crippen LogP contribution < -0.4 is 9.64 Å². The van der Waals surface area contributed by atoms with Crippen molar-refractivity contribution in [1.29, 1.82) is 0 Å². The molecule has 0 unspecified atom stereocenters. The number of carbonyl (C=O) groups excluding carboxylic acids is 2. The van der Waals surface area contributed by atoms with Crippen LogP contribution in [0.1, 0.15) is 20.8 Å². The van der Waals surface area contributed by atoms with Gasteiger partial charge in [0.2, 0.25) is 5.91 Å². The van der Waals surface area contributed by atoms with Gasteiger partial charge in [0, 0.05) is 6.54 Å². The fraction of sp³-hybridized carbons (Fsp3) is 0.529. The number of fused-ring (bicyclic) bond motifs is 1. The van der Waals surface area contributed by atoms with E-state index in [0.717, 1.165) is 0 Å². The van der Waals surface area contributed by atoms with Gasteiger partial charge < -0.3 is 14.4 Å². The molecule has 23 heavy (non-hydrogen) atoms. The zero-order valence-corrected chi connectivity index (χ0v) is 13.7. The Kier molecular flexibility index (Phi) is 4.26. The molecule has 1 aromatic carbocycles. The van der Waals surface area contributed by atoms with Crippen molar-refractivity contribution in [2.75, 3.05) is 24.6 Å².